The highest BCUT2D eigenvalue weighted by Gasteiger charge is 2.40. The van der Waals surface area contributed by atoms with E-state index in [1.54, 1.807) is 0 Å². The lowest BCUT2D eigenvalue weighted by molar-refractivity contribution is 0.936. The van der Waals surface area contributed by atoms with Gasteiger partial charge in [0.1, 0.15) is 0 Å². The molecule has 0 aliphatic heterocycles. The first-order valence-corrected chi connectivity index (χ1v) is 3.92. The molecule has 1 aliphatic carbocycles. The number of nitriles is 1. The molecule has 3 nitrogen and oxygen atoms in total. The summed E-state index contributed by atoms with van der Waals surface area (Å²) in [4.78, 5) is 0. The van der Waals surface area contributed by atoms with Crippen LogP contribution < -0.4 is 0 Å². The highest BCUT2D eigenvalue weighted by molar-refractivity contribution is 7.03. The van der Waals surface area contributed by atoms with Gasteiger partial charge in [-0.05, 0) is 18.0 Å². The van der Waals surface area contributed by atoms with Crippen molar-refractivity contribution in [3.63, 3.8) is 0 Å². The third-order valence-electron chi connectivity index (χ3n) is 1.71. The number of hydrogen-bond donors (Lipinski definition) is 0. The molecule has 1 fully saturated rings. The topological polar surface area (TPSA) is 49.6 Å². The van der Waals surface area contributed by atoms with Crippen molar-refractivity contribution in [3.8, 4) is 6.07 Å². The van der Waals surface area contributed by atoms with Crippen molar-refractivity contribution in [2.75, 3.05) is 0 Å². The van der Waals surface area contributed by atoms with Gasteiger partial charge in [0.25, 0.3) is 0 Å². The van der Waals surface area contributed by atoms with Gasteiger partial charge in [0.2, 0.25) is 0 Å². The Balaban J connectivity index is 2.13. The Morgan fingerprint density at radius 2 is 2.70 bits per heavy atom. The van der Waals surface area contributed by atoms with Crippen molar-refractivity contribution in [2.24, 2.45) is 5.92 Å². The minimum absolute atomic E-state index is 0.212. The van der Waals surface area contributed by atoms with Crippen molar-refractivity contribution in [2.45, 2.75) is 12.3 Å². The summed E-state index contributed by atoms with van der Waals surface area (Å²) in [7, 11) is 0. The van der Waals surface area contributed by atoms with Gasteiger partial charge in [0, 0.05) is 11.3 Å². The number of rotatable bonds is 1. The first-order valence-electron chi connectivity index (χ1n) is 3.08. The standard InChI is InChI=1S/C6H5N3S/c7-2-4-1-5(4)6-3-10-9-8-6/h3-5H,1H2. The Morgan fingerprint density at radius 1 is 1.80 bits per heavy atom. The number of aromatic nitrogens is 2. The normalized spacial score (nSPS) is 29.5. The second-order valence-corrected chi connectivity index (χ2v) is 3.02. The lowest BCUT2D eigenvalue weighted by Crippen LogP contribution is -1.80. The maximum Gasteiger partial charge on any atom is 0.0799 e. The molecule has 1 saturated carbocycles. The molecule has 1 aromatic rings. The quantitative estimate of drug-likeness (QED) is 0.605. The Labute approximate surface area is 62.5 Å². The number of nitrogens with zero attached hydrogens (tertiary/aromatic N) is 3. The van der Waals surface area contributed by atoms with Crippen molar-refractivity contribution in [3.05, 3.63) is 11.1 Å². The van der Waals surface area contributed by atoms with E-state index in [0.717, 1.165) is 12.1 Å². The van der Waals surface area contributed by atoms with Gasteiger partial charge < -0.3 is 0 Å². The van der Waals surface area contributed by atoms with Gasteiger partial charge in [-0.1, -0.05) is 4.49 Å². The van der Waals surface area contributed by atoms with Crippen LogP contribution in [-0.4, -0.2) is 9.59 Å². The molecule has 10 heavy (non-hydrogen) atoms. The molecule has 0 amide bonds. The predicted molar refractivity (Wildman–Crippen MR) is 36.4 cm³/mol. The molecule has 2 unspecified atom stereocenters. The van der Waals surface area contributed by atoms with Gasteiger partial charge >= 0.3 is 0 Å². The van der Waals surface area contributed by atoms with E-state index in [9.17, 15) is 0 Å². The van der Waals surface area contributed by atoms with Gasteiger partial charge in [-0.15, -0.1) is 5.10 Å². The van der Waals surface area contributed by atoms with Gasteiger partial charge in [-0.25, -0.2) is 0 Å². The van der Waals surface area contributed by atoms with Crippen molar-refractivity contribution in [1.29, 1.82) is 5.26 Å². The number of hydrogen-bond acceptors (Lipinski definition) is 4. The van der Waals surface area contributed by atoms with Crippen LogP contribution in [0.1, 0.15) is 18.0 Å². The van der Waals surface area contributed by atoms with Crippen LogP contribution in [0, 0.1) is 17.2 Å². The summed E-state index contributed by atoms with van der Waals surface area (Å²) in [6.45, 7) is 0. The van der Waals surface area contributed by atoms with Gasteiger partial charge in [-0.3, -0.25) is 0 Å². The zero-order valence-corrected chi connectivity index (χ0v) is 6.01. The van der Waals surface area contributed by atoms with E-state index in [-0.39, 0.29) is 5.92 Å². The Bertz CT molecular complexity index is 261. The van der Waals surface area contributed by atoms with E-state index < -0.39 is 0 Å². The van der Waals surface area contributed by atoms with E-state index in [4.69, 9.17) is 5.26 Å². The summed E-state index contributed by atoms with van der Waals surface area (Å²) in [5, 5.41) is 14.3. The molecule has 0 radical (unpaired) electrons. The molecule has 0 bridgehead atoms. The second-order valence-electron chi connectivity index (χ2n) is 2.41. The van der Waals surface area contributed by atoms with Crippen molar-refractivity contribution < 1.29 is 0 Å². The molecule has 1 aromatic heterocycles. The molecule has 50 valence electrons. The fourth-order valence-electron chi connectivity index (χ4n) is 0.998. The Morgan fingerprint density at radius 3 is 3.20 bits per heavy atom. The lowest BCUT2D eigenvalue weighted by atomic mass is 10.3. The Kier molecular flexibility index (Phi) is 1.18. The molecule has 0 saturated heterocycles. The zero-order valence-electron chi connectivity index (χ0n) is 5.19. The summed E-state index contributed by atoms with van der Waals surface area (Å²) in [5.74, 6) is 0.604. The van der Waals surface area contributed by atoms with Crippen LogP contribution in [0.2, 0.25) is 0 Å². The maximum absolute atomic E-state index is 8.48. The fourth-order valence-corrected chi connectivity index (χ4v) is 1.52. The monoisotopic (exact) mass is 151 g/mol. The van der Waals surface area contributed by atoms with Gasteiger partial charge in [0.15, 0.2) is 0 Å². The van der Waals surface area contributed by atoms with Crippen molar-refractivity contribution in [1.82, 2.24) is 9.59 Å². The first-order chi connectivity index (χ1) is 4.92. The first kappa shape index (κ1) is 5.81. The zero-order chi connectivity index (χ0) is 6.97. The molecule has 0 N–H and O–H groups in total. The minimum atomic E-state index is 0.212. The van der Waals surface area contributed by atoms with E-state index in [1.807, 2.05) is 5.38 Å². The largest absolute Gasteiger partial charge is 0.198 e. The van der Waals surface area contributed by atoms with Crippen LogP contribution in [0.3, 0.4) is 0 Å². The van der Waals surface area contributed by atoms with E-state index in [0.29, 0.717) is 5.92 Å². The maximum atomic E-state index is 8.48. The van der Waals surface area contributed by atoms with E-state index in [1.165, 1.54) is 11.5 Å². The van der Waals surface area contributed by atoms with E-state index in [2.05, 4.69) is 15.7 Å². The minimum Gasteiger partial charge on any atom is -0.198 e. The van der Waals surface area contributed by atoms with Gasteiger partial charge in [0.05, 0.1) is 17.7 Å². The van der Waals surface area contributed by atoms with Crippen LogP contribution in [0.25, 0.3) is 0 Å². The Hall–Kier alpha value is -0.950. The van der Waals surface area contributed by atoms with Crippen LogP contribution in [0.4, 0.5) is 0 Å². The molecule has 1 aliphatic rings. The van der Waals surface area contributed by atoms with Crippen LogP contribution in [0.15, 0.2) is 5.38 Å². The molecule has 1 heterocycles. The summed E-state index contributed by atoms with van der Waals surface area (Å²) in [6, 6.07) is 2.21. The smallest absolute Gasteiger partial charge is 0.0799 e. The SMILES string of the molecule is N#CC1CC1c1csnn1. The molecule has 4 heteroatoms. The van der Waals surface area contributed by atoms with E-state index >= 15 is 0 Å². The summed E-state index contributed by atoms with van der Waals surface area (Å²) >= 11 is 1.35. The molecule has 2 atom stereocenters. The average Bonchev–Trinajstić information content (AvgIpc) is 2.56. The molecule has 2 rings (SSSR count). The lowest BCUT2D eigenvalue weighted by Gasteiger charge is -1.81. The van der Waals surface area contributed by atoms with Crippen LogP contribution >= 0.6 is 11.5 Å². The fraction of sp³-hybridized carbons (Fsp3) is 0.500. The molecule has 0 spiro atoms. The highest BCUT2D eigenvalue weighted by Crippen LogP contribution is 2.45. The highest BCUT2D eigenvalue weighted by atomic mass is 32.1. The molecular weight excluding hydrogens is 146 g/mol. The summed E-state index contributed by atoms with van der Waals surface area (Å²) in [5.41, 5.74) is 0.997. The summed E-state index contributed by atoms with van der Waals surface area (Å²) in [6.07, 6.45) is 0.974. The second kappa shape index (κ2) is 2.03. The van der Waals surface area contributed by atoms with Crippen LogP contribution in [-0.2, 0) is 0 Å². The third-order valence-corrected chi connectivity index (χ3v) is 2.24. The van der Waals surface area contributed by atoms with Crippen molar-refractivity contribution >= 4 is 11.5 Å². The predicted octanol–water partition coefficient (Wildman–Crippen LogP) is 1.17. The average molecular weight is 151 g/mol. The third kappa shape index (κ3) is 0.792. The molecular formula is C6H5N3S. The van der Waals surface area contributed by atoms with Crippen LogP contribution in [0.5, 0.6) is 0 Å². The van der Waals surface area contributed by atoms with Gasteiger partial charge in [-0.2, -0.15) is 5.26 Å². The molecule has 0 aromatic carbocycles. The summed E-state index contributed by atoms with van der Waals surface area (Å²) < 4.78 is 3.73.